The number of Topliss-reactive ketones (excluding diaryl/α,β-unsaturated/α-hetero) is 1. The highest BCUT2D eigenvalue weighted by atomic mass is 16.4. The lowest BCUT2D eigenvalue weighted by atomic mass is 9.87. The number of anilines is 1. The van der Waals surface area contributed by atoms with E-state index in [0.717, 1.165) is 11.3 Å². The van der Waals surface area contributed by atoms with E-state index in [-0.39, 0.29) is 24.0 Å². The molecule has 2 N–H and O–H groups in total. The summed E-state index contributed by atoms with van der Waals surface area (Å²) in [6.45, 7) is 1.98. The van der Waals surface area contributed by atoms with Crippen LogP contribution in [0, 0.1) is 17.8 Å². The highest BCUT2D eigenvalue weighted by Crippen LogP contribution is 2.39. The highest BCUT2D eigenvalue weighted by molar-refractivity contribution is 6.03. The van der Waals surface area contributed by atoms with Crippen LogP contribution < -0.4 is 5.32 Å². The molecule has 1 aromatic rings. The second-order valence-corrected chi connectivity index (χ2v) is 6.09. The lowest BCUT2D eigenvalue weighted by Gasteiger charge is -2.15. The smallest absolute Gasteiger partial charge is 0.307 e. The van der Waals surface area contributed by atoms with Crippen LogP contribution in [0.25, 0.3) is 0 Å². The number of nitrogens with one attached hydrogen (secondary N) is 1. The minimum atomic E-state index is -0.893. The van der Waals surface area contributed by atoms with E-state index in [2.05, 4.69) is 5.32 Å². The molecule has 1 aliphatic carbocycles. The van der Waals surface area contributed by atoms with E-state index >= 15 is 0 Å². The molecule has 5 nitrogen and oxygen atoms in total. The summed E-state index contributed by atoms with van der Waals surface area (Å²) in [4.78, 5) is 35.3. The molecular formula is C16H17NO4. The number of aliphatic carboxylic acids is 1. The molecule has 1 saturated carbocycles. The summed E-state index contributed by atoms with van der Waals surface area (Å²) in [5, 5.41) is 12.0. The van der Waals surface area contributed by atoms with Gasteiger partial charge >= 0.3 is 5.97 Å². The molecule has 3 unspecified atom stereocenters. The fourth-order valence-electron chi connectivity index (χ4n) is 3.45. The standard InChI is InChI=1S/C16H17NO4/c1-8-4-11(12(5-8)16(20)21)15(19)9-2-3-13-10(6-9)7-14(18)17-13/h2-3,6,8,11-12H,4-5,7H2,1H3,(H,17,18)(H,20,21). The zero-order valence-electron chi connectivity index (χ0n) is 11.8. The first-order valence-electron chi connectivity index (χ1n) is 7.15. The summed E-state index contributed by atoms with van der Waals surface area (Å²) in [6, 6.07) is 5.12. The van der Waals surface area contributed by atoms with E-state index in [1.807, 2.05) is 6.92 Å². The summed E-state index contributed by atoms with van der Waals surface area (Å²) in [5.41, 5.74) is 2.06. The van der Waals surface area contributed by atoms with Crippen LogP contribution in [0.1, 0.15) is 35.7 Å². The van der Waals surface area contributed by atoms with Gasteiger partial charge in [-0.25, -0.2) is 0 Å². The van der Waals surface area contributed by atoms with Crippen molar-refractivity contribution in [1.82, 2.24) is 0 Å². The first-order valence-corrected chi connectivity index (χ1v) is 7.15. The Hall–Kier alpha value is -2.17. The maximum Gasteiger partial charge on any atom is 0.307 e. The summed E-state index contributed by atoms with van der Waals surface area (Å²) in [6.07, 6.45) is 1.45. The zero-order valence-corrected chi connectivity index (χ0v) is 11.8. The molecule has 0 spiro atoms. The van der Waals surface area contributed by atoms with Gasteiger partial charge in [-0.3, -0.25) is 14.4 Å². The first kappa shape index (κ1) is 13.8. The van der Waals surface area contributed by atoms with E-state index < -0.39 is 17.8 Å². The van der Waals surface area contributed by atoms with Crippen LogP contribution in [0.5, 0.6) is 0 Å². The van der Waals surface area contributed by atoms with Gasteiger partial charge in [0.1, 0.15) is 0 Å². The molecule has 0 radical (unpaired) electrons. The van der Waals surface area contributed by atoms with Crippen molar-refractivity contribution in [2.24, 2.45) is 17.8 Å². The maximum atomic E-state index is 12.6. The lowest BCUT2D eigenvalue weighted by molar-refractivity contribution is -0.142. The average molecular weight is 287 g/mol. The van der Waals surface area contributed by atoms with Crippen molar-refractivity contribution in [1.29, 1.82) is 0 Å². The van der Waals surface area contributed by atoms with Crippen LogP contribution in [0.15, 0.2) is 18.2 Å². The predicted molar refractivity (Wildman–Crippen MR) is 76.1 cm³/mol. The number of ketones is 1. The van der Waals surface area contributed by atoms with Crippen molar-refractivity contribution in [2.45, 2.75) is 26.2 Å². The van der Waals surface area contributed by atoms with Gasteiger partial charge in [-0.1, -0.05) is 6.92 Å². The van der Waals surface area contributed by atoms with Gasteiger partial charge in [0.05, 0.1) is 12.3 Å². The van der Waals surface area contributed by atoms with Crippen molar-refractivity contribution in [3.05, 3.63) is 29.3 Å². The van der Waals surface area contributed by atoms with Crippen LogP contribution >= 0.6 is 0 Å². The largest absolute Gasteiger partial charge is 0.481 e. The van der Waals surface area contributed by atoms with Crippen molar-refractivity contribution in [2.75, 3.05) is 5.32 Å². The van der Waals surface area contributed by atoms with Gasteiger partial charge in [0.2, 0.25) is 5.91 Å². The van der Waals surface area contributed by atoms with Gasteiger partial charge in [0.25, 0.3) is 0 Å². The van der Waals surface area contributed by atoms with E-state index in [9.17, 15) is 19.5 Å². The number of carbonyl (C=O) groups excluding carboxylic acids is 2. The van der Waals surface area contributed by atoms with Gasteiger partial charge in [-0.05, 0) is 42.5 Å². The Labute approximate surface area is 122 Å². The van der Waals surface area contributed by atoms with Crippen molar-refractivity contribution >= 4 is 23.3 Å². The fraction of sp³-hybridized carbons (Fsp3) is 0.438. The molecular weight excluding hydrogens is 270 g/mol. The third kappa shape index (κ3) is 2.44. The van der Waals surface area contributed by atoms with Gasteiger partial charge in [-0.2, -0.15) is 0 Å². The molecule has 5 heteroatoms. The van der Waals surface area contributed by atoms with E-state index in [4.69, 9.17) is 0 Å². The van der Waals surface area contributed by atoms with Crippen LogP contribution in [0.2, 0.25) is 0 Å². The molecule has 0 saturated heterocycles. The summed E-state index contributed by atoms with van der Waals surface area (Å²) in [5.74, 6) is -1.89. The van der Waals surface area contributed by atoms with Crippen LogP contribution in [-0.4, -0.2) is 22.8 Å². The van der Waals surface area contributed by atoms with Gasteiger partial charge in [0.15, 0.2) is 5.78 Å². The van der Waals surface area contributed by atoms with Gasteiger partial charge in [0, 0.05) is 17.2 Å². The fourth-order valence-corrected chi connectivity index (χ4v) is 3.45. The van der Waals surface area contributed by atoms with E-state index in [1.165, 1.54) is 0 Å². The summed E-state index contributed by atoms with van der Waals surface area (Å²) >= 11 is 0. The molecule has 1 heterocycles. The highest BCUT2D eigenvalue weighted by Gasteiger charge is 2.41. The van der Waals surface area contributed by atoms with Crippen molar-refractivity contribution in [3.63, 3.8) is 0 Å². The Morgan fingerprint density at radius 1 is 1.24 bits per heavy atom. The first-order chi connectivity index (χ1) is 9.95. The molecule has 3 rings (SSSR count). The molecule has 0 aromatic heterocycles. The Bertz CT molecular complexity index is 637. The number of fused-ring (bicyclic) bond motifs is 1. The number of amides is 1. The Morgan fingerprint density at radius 3 is 2.67 bits per heavy atom. The zero-order chi connectivity index (χ0) is 15.1. The predicted octanol–water partition coefficient (Wildman–Crippen LogP) is 2.11. The minimum Gasteiger partial charge on any atom is -0.481 e. The number of benzene rings is 1. The second kappa shape index (κ2) is 4.98. The van der Waals surface area contributed by atoms with Crippen molar-refractivity contribution < 1.29 is 19.5 Å². The summed E-state index contributed by atoms with van der Waals surface area (Å²) in [7, 11) is 0. The molecule has 1 aromatic carbocycles. The number of hydrogen-bond donors (Lipinski definition) is 2. The SMILES string of the molecule is CC1CC(C(=O)O)C(C(=O)c2ccc3c(c2)CC(=O)N3)C1. The second-order valence-electron chi connectivity index (χ2n) is 6.09. The molecule has 3 atom stereocenters. The third-order valence-electron chi connectivity index (χ3n) is 4.47. The molecule has 21 heavy (non-hydrogen) atoms. The Morgan fingerprint density at radius 2 is 1.95 bits per heavy atom. The number of carboxylic acids is 1. The quantitative estimate of drug-likeness (QED) is 0.834. The topological polar surface area (TPSA) is 83.5 Å². The third-order valence-corrected chi connectivity index (χ3v) is 4.47. The van der Waals surface area contributed by atoms with Gasteiger partial charge in [-0.15, -0.1) is 0 Å². The normalized spacial score (nSPS) is 27.3. The van der Waals surface area contributed by atoms with E-state index in [1.54, 1.807) is 18.2 Å². The van der Waals surface area contributed by atoms with E-state index in [0.29, 0.717) is 18.4 Å². The van der Waals surface area contributed by atoms with Crippen LogP contribution in [0.4, 0.5) is 5.69 Å². The lowest BCUT2D eigenvalue weighted by Crippen LogP contribution is -2.25. The minimum absolute atomic E-state index is 0.0764. The van der Waals surface area contributed by atoms with Crippen molar-refractivity contribution in [3.8, 4) is 0 Å². The Kier molecular flexibility index (Phi) is 3.27. The molecule has 1 amide bonds. The number of carbonyl (C=O) groups is 3. The Balaban J connectivity index is 1.87. The molecule has 0 bridgehead atoms. The monoisotopic (exact) mass is 287 g/mol. The molecule has 1 fully saturated rings. The van der Waals surface area contributed by atoms with Crippen LogP contribution in [0.3, 0.4) is 0 Å². The summed E-state index contributed by atoms with van der Waals surface area (Å²) < 4.78 is 0. The molecule has 1 aliphatic heterocycles. The van der Waals surface area contributed by atoms with Gasteiger partial charge < -0.3 is 10.4 Å². The average Bonchev–Trinajstić information content (AvgIpc) is 2.98. The molecule has 110 valence electrons. The number of carboxylic acid groups (broad SMARTS) is 1. The number of rotatable bonds is 3. The molecule has 2 aliphatic rings. The number of hydrogen-bond acceptors (Lipinski definition) is 3. The maximum absolute atomic E-state index is 12.6. The van der Waals surface area contributed by atoms with Crippen LogP contribution in [-0.2, 0) is 16.0 Å².